The Labute approximate surface area is 186 Å². The Morgan fingerprint density at radius 2 is 1.94 bits per heavy atom. The first kappa shape index (κ1) is 22.5. The largest absolute Gasteiger partial charge is 0.346 e. The summed E-state index contributed by atoms with van der Waals surface area (Å²) in [6.07, 6.45) is 1.56. The molecule has 2 N–H and O–H groups in total. The summed E-state index contributed by atoms with van der Waals surface area (Å²) in [5.41, 5.74) is 0.588. The molecule has 160 valence electrons. The second kappa shape index (κ2) is 10.2. The molecule has 0 spiro atoms. The first-order valence-corrected chi connectivity index (χ1v) is 10.5. The highest BCUT2D eigenvalue weighted by Gasteiger charge is 2.13. The first-order chi connectivity index (χ1) is 14.9. The molecule has 1 aromatic heterocycles. The number of hydrogen-bond donors (Lipinski definition) is 2. The maximum Gasteiger partial charge on any atom is 0.262 e. The molecule has 0 unspecified atom stereocenters. The number of benzene rings is 2. The first-order valence-electron chi connectivity index (χ1n) is 9.13. The number of fused-ring (bicyclic) bond motifs is 1. The van der Waals surface area contributed by atoms with E-state index in [1.54, 1.807) is 24.3 Å². The van der Waals surface area contributed by atoms with Crippen LogP contribution in [-0.2, 0) is 16.1 Å². The van der Waals surface area contributed by atoms with Gasteiger partial charge in [0.05, 0.1) is 23.2 Å². The van der Waals surface area contributed by atoms with E-state index in [1.807, 2.05) is 0 Å². The number of amides is 2. The van der Waals surface area contributed by atoms with Crippen LogP contribution in [0.15, 0.2) is 65.1 Å². The fraction of sp³-hybridized carbons (Fsp3) is 0.143. The third-order valence-corrected chi connectivity index (χ3v) is 5.31. The number of halogens is 2. The summed E-state index contributed by atoms with van der Waals surface area (Å²) >= 11 is 7.06. The molecule has 0 saturated heterocycles. The number of nitrogens with one attached hydrogen (secondary N) is 2. The average Bonchev–Trinajstić information content (AvgIpc) is 2.74. The number of carbonyl (C=O) groups excluding carboxylic acids is 2. The average molecular weight is 461 g/mol. The van der Waals surface area contributed by atoms with Crippen molar-refractivity contribution in [2.45, 2.75) is 11.7 Å². The highest BCUT2D eigenvalue weighted by Crippen LogP contribution is 2.20. The van der Waals surface area contributed by atoms with E-state index < -0.39 is 17.6 Å². The van der Waals surface area contributed by atoms with E-state index in [-0.39, 0.29) is 24.4 Å². The summed E-state index contributed by atoms with van der Waals surface area (Å²) in [6.45, 7) is 3.63. The fourth-order valence-electron chi connectivity index (χ4n) is 2.67. The molecule has 0 aliphatic heterocycles. The minimum atomic E-state index is -0.452. The lowest BCUT2D eigenvalue weighted by atomic mass is 10.2. The molecule has 1 heterocycles. The van der Waals surface area contributed by atoms with Gasteiger partial charge in [0.25, 0.3) is 5.56 Å². The van der Waals surface area contributed by atoms with Gasteiger partial charge < -0.3 is 10.6 Å². The molecule has 0 aliphatic rings. The van der Waals surface area contributed by atoms with Crippen molar-refractivity contribution >= 4 is 51.8 Å². The van der Waals surface area contributed by atoms with Gasteiger partial charge in [-0.1, -0.05) is 29.4 Å². The third-order valence-electron chi connectivity index (χ3n) is 4.10. The number of nitrogens with zero attached hydrogens (tertiary/aromatic N) is 2. The normalized spacial score (nSPS) is 10.6. The Morgan fingerprint density at radius 1 is 1.19 bits per heavy atom. The van der Waals surface area contributed by atoms with Gasteiger partial charge in [-0.2, -0.15) is 0 Å². The molecular weight excluding hydrogens is 443 g/mol. The van der Waals surface area contributed by atoms with Gasteiger partial charge in [-0.15, -0.1) is 6.58 Å². The topological polar surface area (TPSA) is 93.1 Å². The van der Waals surface area contributed by atoms with Crippen LogP contribution in [-0.4, -0.2) is 33.7 Å². The van der Waals surface area contributed by atoms with Gasteiger partial charge in [0, 0.05) is 17.3 Å². The number of aromatic nitrogens is 2. The van der Waals surface area contributed by atoms with Crippen LogP contribution in [0, 0.1) is 5.82 Å². The number of allylic oxidation sites excluding steroid dienone is 1. The summed E-state index contributed by atoms with van der Waals surface area (Å²) in [5, 5.41) is 6.24. The molecule has 0 saturated carbocycles. The number of anilines is 1. The quantitative estimate of drug-likeness (QED) is 0.306. The minimum absolute atomic E-state index is 0.0561. The SMILES string of the molecule is C=CCn1c(SCC(=O)NCC(=O)Nc2ccc(F)cc2)nc2cc(Cl)ccc2c1=O. The summed E-state index contributed by atoms with van der Waals surface area (Å²) in [6, 6.07) is 10.1. The zero-order valence-corrected chi connectivity index (χ0v) is 17.8. The van der Waals surface area contributed by atoms with Gasteiger partial charge in [0.2, 0.25) is 11.8 Å². The smallest absolute Gasteiger partial charge is 0.262 e. The van der Waals surface area contributed by atoms with Crippen LogP contribution in [0.2, 0.25) is 5.02 Å². The zero-order chi connectivity index (χ0) is 22.4. The highest BCUT2D eigenvalue weighted by atomic mass is 35.5. The predicted octanol–water partition coefficient (Wildman–Crippen LogP) is 3.22. The van der Waals surface area contributed by atoms with Gasteiger partial charge in [0.15, 0.2) is 5.16 Å². The van der Waals surface area contributed by atoms with Crippen molar-refractivity contribution in [2.24, 2.45) is 0 Å². The molecule has 0 fully saturated rings. The molecule has 0 aliphatic carbocycles. The summed E-state index contributed by atoms with van der Waals surface area (Å²) in [4.78, 5) is 41.3. The third kappa shape index (κ3) is 5.93. The van der Waals surface area contributed by atoms with Crippen molar-refractivity contribution in [3.05, 3.63) is 76.3 Å². The molecule has 0 bridgehead atoms. The van der Waals surface area contributed by atoms with Crippen LogP contribution in [0.5, 0.6) is 0 Å². The molecule has 7 nitrogen and oxygen atoms in total. The van der Waals surface area contributed by atoms with Crippen molar-refractivity contribution in [1.29, 1.82) is 0 Å². The molecule has 3 aromatic rings. The van der Waals surface area contributed by atoms with Crippen molar-refractivity contribution in [3.8, 4) is 0 Å². The molecular formula is C21H18ClFN4O3S. The number of rotatable bonds is 8. The zero-order valence-electron chi connectivity index (χ0n) is 16.2. The monoisotopic (exact) mass is 460 g/mol. The molecule has 2 amide bonds. The number of carbonyl (C=O) groups is 2. The van der Waals surface area contributed by atoms with E-state index >= 15 is 0 Å². The van der Waals surface area contributed by atoms with E-state index in [9.17, 15) is 18.8 Å². The Kier molecular flexibility index (Phi) is 7.43. The van der Waals surface area contributed by atoms with E-state index in [4.69, 9.17) is 11.6 Å². The number of hydrogen-bond acceptors (Lipinski definition) is 5. The van der Waals surface area contributed by atoms with Crippen molar-refractivity contribution in [2.75, 3.05) is 17.6 Å². The van der Waals surface area contributed by atoms with Crippen molar-refractivity contribution in [3.63, 3.8) is 0 Å². The van der Waals surface area contributed by atoms with E-state index in [2.05, 4.69) is 22.2 Å². The summed E-state index contributed by atoms with van der Waals surface area (Å²) in [7, 11) is 0. The van der Waals surface area contributed by atoms with Crippen LogP contribution in [0.25, 0.3) is 10.9 Å². The van der Waals surface area contributed by atoms with Crippen LogP contribution in [0.4, 0.5) is 10.1 Å². The summed E-state index contributed by atoms with van der Waals surface area (Å²) < 4.78 is 14.3. The van der Waals surface area contributed by atoms with E-state index in [0.29, 0.717) is 26.8 Å². The Balaban J connectivity index is 1.63. The Hall–Kier alpha value is -3.17. The maximum atomic E-state index is 12.9. The van der Waals surface area contributed by atoms with Gasteiger partial charge in [0.1, 0.15) is 5.82 Å². The van der Waals surface area contributed by atoms with Crippen LogP contribution >= 0.6 is 23.4 Å². The lowest BCUT2D eigenvalue weighted by molar-refractivity contribution is -0.122. The Bertz CT molecular complexity index is 1200. The van der Waals surface area contributed by atoms with Crippen molar-refractivity contribution < 1.29 is 14.0 Å². The predicted molar refractivity (Wildman–Crippen MR) is 120 cm³/mol. The minimum Gasteiger partial charge on any atom is -0.346 e. The Morgan fingerprint density at radius 3 is 2.65 bits per heavy atom. The number of thioether (sulfide) groups is 1. The molecule has 0 radical (unpaired) electrons. The van der Waals surface area contributed by atoms with Crippen LogP contribution in [0.1, 0.15) is 0 Å². The van der Waals surface area contributed by atoms with Gasteiger partial charge in [-0.05, 0) is 42.5 Å². The second-order valence-corrected chi connectivity index (χ2v) is 7.76. The molecule has 10 heteroatoms. The van der Waals surface area contributed by atoms with Gasteiger partial charge in [-0.25, -0.2) is 9.37 Å². The standard InChI is InChI=1S/C21H18ClFN4O3S/c1-2-9-27-20(30)16-8-3-13(22)10-17(16)26-21(27)31-12-19(29)24-11-18(28)25-15-6-4-14(23)5-7-15/h2-8,10H,1,9,11-12H2,(H,24,29)(H,25,28). The van der Waals surface area contributed by atoms with E-state index in [1.165, 1.54) is 28.8 Å². The van der Waals surface area contributed by atoms with E-state index in [0.717, 1.165) is 11.8 Å². The lowest BCUT2D eigenvalue weighted by Crippen LogP contribution is -2.34. The van der Waals surface area contributed by atoms with Crippen LogP contribution < -0.4 is 16.2 Å². The highest BCUT2D eigenvalue weighted by molar-refractivity contribution is 7.99. The summed E-state index contributed by atoms with van der Waals surface area (Å²) in [5.74, 6) is -1.33. The molecule has 2 aromatic carbocycles. The lowest BCUT2D eigenvalue weighted by Gasteiger charge is -2.12. The van der Waals surface area contributed by atoms with Gasteiger partial charge >= 0.3 is 0 Å². The molecule has 0 atom stereocenters. The van der Waals surface area contributed by atoms with Crippen molar-refractivity contribution in [1.82, 2.24) is 14.9 Å². The molecule has 3 rings (SSSR count). The molecule has 31 heavy (non-hydrogen) atoms. The van der Waals surface area contributed by atoms with Crippen LogP contribution in [0.3, 0.4) is 0 Å². The fourth-order valence-corrected chi connectivity index (χ4v) is 3.68. The van der Waals surface area contributed by atoms with Gasteiger partial charge in [-0.3, -0.25) is 19.0 Å². The maximum absolute atomic E-state index is 12.9. The second-order valence-electron chi connectivity index (χ2n) is 6.38.